The molecule has 0 saturated carbocycles. The average Bonchev–Trinajstić information content (AvgIpc) is 3.47. The molecule has 0 N–H and O–H groups in total. The molecule has 0 heterocycles. The summed E-state index contributed by atoms with van der Waals surface area (Å²) in [5.41, 5.74) is 0. The first-order chi connectivity index (χ1) is 40.5. The normalized spacial score (nSPS) is 13.0. The fraction of sp³-hybridized carbons (Fsp3) is 0.671. The van der Waals surface area contributed by atoms with E-state index in [0.717, 1.165) is 128 Å². The maximum atomic E-state index is 12.9. The molecule has 0 aliphatic carbocycles. The predicted octanol–water partition coefficient (Wildman–Crippen LogP) is 23.7. The summed E-state index contributed by atoms with van der Waals surface area (Å²) in [6.45, 7) is 6.38. The van der Waals surface area contributed by atoms with Crippen LogP contribution in [0.3, 0.4) is 0 Å². The zero-order valence-corrected chi connectivity index (χ0v) is 53.5. The van der Waals surface area contributed by atoms with Crippen molar-refractivity contribution in [1.82, 2.24) is 0 Å². The topological polar surface area (TPSA) is 78.9 Å². The minimum absolute atomic E-state index is 0.111. The minimum Gasteiger partial charge on any atom is -0.462 e. The molecule has 82 heavy (non-hydrogen) atoms. The molecule has 0 rings (SSSR count). The molecular weight excluding hydrogens is 1010 g/mol. The highest BCUT2D eigenvalue weighted by Gasteiger charge is 2.19. The highest BCUT2D eigenvalue weighted by Crippen LogP contribution is 2.17. The fourth-order valence-electron chi connectivity index (χ4n) is 9.37. The van der Waals surface area contributed by atoms with Crippen LogP contribution in [0.15, 0.2) is 134 Å². The Morgan fingerprint density at radius 3 is 0.780 bits per heavy atom. The molecule has 0 saturated heterocycles. The summed E-state index contributed by atoms with van der Waals surface area (Å²) in [5, 5.41) is 0. The van der Waals surface area contributed by atoms with Crippen molar-refractivity contribution < 1.29 is 28.6 Å². The van der Waals surface area contributed by atoms with Crippen molar-refractivity contribution >= 4 is 17.9 Å². The maximum Gasteiger partial charge on any atom is 0.306 e. The third-order valence-electron chi connectivity index (χ3n) is 14.4. The molecule has 0 fully saturated rings. The molecule has 1 atom stereocenters. The van der Waals surface area contributed by atoms with Gasteiger partial charge in [0.25, 0.3) is 0 Å². The van der Waals surface area contributed by atoms with E-state index in [1.807, 2.05) is 0 Å². The quantitative estimate of drug-likeness (QED) is 0.0261. The smallest absolute Gasteiger partial charge is 0.306 e. The van der Waals surface area contributed by atoms with Crippen molar-refractivity contribution in [2.24, 2.45) is 0 Å². The van der Waals surface area contributed by atoms with E-state index < -0.39 is 6.10 Å². The number of allylic oxidation sites excluding steroid dienone is 22. The van der Waals surface area contributed by atoms with Crippen molar-refractivity contribution in [3.05, 3.63) is 134 Å². The minimum atomic E-state index is -0.825. The van der Waals surface area contributed by atoms with Crippen LogP contribution in [0.5, 0.6) is 0 Å². The number of esters is 3. The van der Waals surface area contributed by atoms with Gasteiger partial charge in [-0.2, -0.15) is 0 Å². The van der Waals surface area contributed by atoms with Gasteiger partial charge < -0.3 is 14.2 Å². The SMILES string of the molecule is CC/C=C\C/C=C\C/C=C\C/C=C\C/C=C\C/C=C\C/C=C\CCCC(=O)OC(COC(=O)CCCCCC/C=C\C/C=C\C/C=C\C/C=C\CC)COC(=O)CCCCCCCCCCCCCCCCCCCCCCCCCC. The van der Waals surface area contributed by atoms with Crippen molar-refractivity contribution in [2.45, 2.75) is 316 Å². The van der Waals surface area contributed by atoms with Gasteiger partial charge in [0, 0.05) is 19.3 Å². The Bertz CT molecular complexity index is 1730. The number of ether oxygens (including phenoxy) is 3. The molecule has 6 heteroatoms. The standard InChI is InChI=1S/C76H126O6/c1-4-7-10-13-16-19-22-25-28-31-33-35-37-39-40-42-45-48-51-54-57-60-63-66-69-75(78)81-72-73(71-80-74(77)68-65-62-59-56-53-50-47-44-30-27-24-21-18-15-12-9-6-3)82-76(79)70-67-64-61-58-55-52-49-46-43-41-38-36-34-32-29-26-23-20-17-14-11-8-5-2/h8-9,11-12,17-18,20-21,26-27,29-30,34,36,41,43,47,49-50,52,58,61,73H,4-7,10,13-16,19,22-25,28,31-33,35,37-40,42,44-46,48,51,53-57,59-60,62-72H2,1-3H3/b11-8-,12-9-,20-17-,21-18-,29-26-,30-27-,36-34-,43-41-,50-47-,52-49-,61-58-. The molecule has 0 aromatic carbocycles. The van der Waals surface area contributed by atoms with Crippen molar-refractivity contribution in [1.29, 1.82) is 0 Å². The molecule has 0 spiro atoms. The number of unbranched alkanes of at least 4 members (excludes halogenated alkanes) is 28. The molecule has 1 unspecified atom stereocenters. The van der Waals surface area contributed by atoms with E-state index in [1.165, 1.54) is 135 Å². The third kappa shape index (κ3) is 66.4. The number of carbonyl (C=O) groups is 3. The first-order valence-electron chi connectivity index (χ1n) is 34.2. The van der Waals surface area contributed by atoms with Gasteiger partial charge in [-0.15, -0.1) is 0 Å². The average molecular weight is 1140 g/mol. The molecule has 0 aromatic heterocycles. The fourth-order valence-corrected chi connectivity index (χ4v) is 9.37. The van der Waals surface area contributed by atoms with E-state index in [2.05, 4.69) is 154 Å². The van der Waals surface area contributed by atoms with Crippen LogP contribution in [0.4, 0.5) is 0 Å². The van der Waals surface area contributed by atoms with Crippen LogP contribution >= 0.6 is 0 Å². The van der Waals surface area contributed by atoms with Crippen molar-refractivity contribution in [2.75, 3.05) is 13.2 Å². The largest absolute Gasteiger partial charge is 0.462 e. The first kappa shape index (κ1) is 77.5. The number of carbonyl (C=O) groups excluding carboxylic acids is 3. The predicted molar refractivity (Wildman–Crippen MR) is 357 cm³/mol. The van der Waals surface area contributed by atoms with Crippen LogP contribution in [0.2, 0.25) is 0 Å². The van der Waals surface area contributed by atoms with Crippen LogP contribution in [0, 0.1) is 0 Å². The van der Waals surface area contributed by atoms with E-state index in [-0.39, 0.29) is 37.5 Å². The molecule has 0 bridgehead atoms. The van der Waals surface area contributed by atoms with Crippen LogP contribution in [0.25, 0.3) is 0 Å². The molecule has 0 amide bonds. The molecule has 0 aromatic rings. The Kier molecular flexibility index (Phi) is 65.3. The molecule has 6 nitrogen and oxygen atoms in total. The van der Waals surface area contributed by atoms with Gasteiger partial charge in [-0.3, -0.25) is 14.4 Å². The molecule has 0 aliphatic heterocycles. The monoisotopic (exact) mass is 1130 g/mol. The van der Waals surface area contributed by atoms with E-state index in [4.69, 9.17) is 14.2 Å². The van der Waals surface area contributed by atoms with E-state index in [1.54, 1.807) is 0 Å². The third-order valence-corrected chi connectivity index (χ3v) is 14.4. The second-order valence-electron chi connectivity index (χ2n) is 22.3. The molecule has 0 aliphatic rings. The summed E-state index contributed by atoms with van der Waals surface area (Å²) in [5.74, 6) is -0.988. The summed E-state index contributed by atoms with van der Waals surface area (Å²) in [6, 6.07) is 0. The van der Waals surface area contributed by atoms with Gasteiger partial charge in [-0.1, -0.05) is 315 Å². The summed E-state index contributed by atoms with van der Waals surface area (Å²) >= 11 is 0. The van der Waals surface area contributed by atoms with Crippen LogP contribution in [-0.4, -0.2) is 37.2 Å². The van der Waals surface area contributed by atoms with Gasteiger partial charge in [-0.05, 0) is 109 Å². The van der Waals surface area contributed by atoms with Gasteiger partial charge in [0.15, 0.2) is 6.10 Å². The van der Waals surface area contributed by atoms with Crippen LogP contribution < -0.4 is 0 Å². The van der Waals surface area contributed by atoms with Crippen molar-refractivity contribution in [3.63, 3.8) is 0 Å². The van der Waals surface area contributed by atoms with Gasteiger partial charge in [0.05, 0.1) is 0 Å². The maximum absolute atomic E-state index is 12.9. The number of hydrogen-bond donors (Lipinski definition) is 0. The molecule has 466 valence electrons. The summed E-state index contributed by atoms with van der Waals surface area (Å²) in [4.78, 5) is 38.4. The van der Waals surface area contributed by atoms with Gasteiger partial charge in [-0.25, -0.2) is 0 Å². The van der Waals surface area contributed by atoms with Crippen molar-refractivity contribution in [3.8, 4) is 0 Å². The van der Waals surface area contributed by atoms with Crippen LogP contribution in [-0.2, 0) is 28.6 Å². The van der Waals surface area contributed by atoms with Gasteiger partial charge >= 0.3 is 17.9 Å². The Balaban J connectivity index is 4.47. The lowest BCUT2D eigenvalue weighted by Gasteiger charge is -2.18. The zero-order valence-electron chi connectivity index (χ0n) is 53.5. The highest BCUT2D eigenvalue weighted by molar-refractivity contribution is 5.71. The first-order valence-corrected chi connectivity index (χ1v) is 34.2. The van der Waals surface area contributed by atoms with Gasteiger partial charge in [0.2, 0.25) is 0 Å². The Morgan fingerprint density at radius 1 is 0.256 bits per heavy atom. The van der Waals surface area contributed by atoms with E-state index in [0.29, 0.717) is 19.3 Å². The van der Waals surface area contributed by atoms with E-state index in [9.17, 15) is 14.4 Å². The number of rotatable bonds is 61. The Labute approximate surface area is 506 Å². The lowest BCUT2D eigenvalue weighted by molar-refractivity contribution is -0.167. The highest BCUT2D eigenvalue weighted by atomic mass is 16.6. The zero-order chi connectivity index (χ0) is 59.2. The Morgan fingerprint density at radius 2 is 0.488 bits per heavy atom. The molecule has 0 radical (unpaired) electrons. The second kappa shape index (κ2) is 69.0. The van der Waals surface area contributed by atoms with E-state index >= 15 is 0 Å². The molecular formula is C76H126O6. The van der Waals surface area contributed by atoms with Crippen LogP contribution in [0.1, 0.15) is 310 Å². The Hall–Kier alpha value is -4.45. The lowest BCUT2D eigenvalue weighted by atomic mass is 10.0. The summed E-state index contributed by atoms with van der Waals surface area (Å²) < 4.78 is 16.9. The van der Waals surface area contributed by atoms with Gasteiger partial charge in [0.1, 0.15) is 13.2 Å². The second-order valence-corrected chi connectivity index (χ2v) is 22.3. The lowest BCUT2D eigenvalue weighted by Crippen LogP contribution is -2.30. The summed E-state index contributed by atoms with van der Waals surface area (Å²) in [6.07, 6.45) is 97.6. The number of hydrogen-bond acceptors (Lipinski definition) is 6. The summed E-state index contributed by atoms with van der Waals surface area (Å²) in [7, 11) is 0.